The topological polar surface area (TPSA) is 149 Å². The molecule has 1 aliphatic heterocycles. The van der Waals surface area contributed by atoms with Crippen LogP contribution in [0.5, 0.6) is 5.75 Å². The number of thiazole rings is 1. The number of ether oxygens (including phenoxy) is 2. The standard InChI is InChI=1S/C24H29ClN3O8PS/c1-12(2)34-24(31)13(3)28-37(32,36-15-8-6-5-7-9-15)33-11-17-19(29)20(30)21(35-17)16-10-26-23(25)18-22(16)38-14(4)27-18/h5-10,12-13,17,19-21,29-30H,11H2,1-4H3,(H,28,32)/t13-,17-,19-,20-,21+,37-/m1/s1. The quantitative estimate of drug-likeness (QED) is 0.180. The Morgan fingerprint density at radius 3 is 2.63 bits per heavy atom. The largest absolute Gasteiger partial charge is 0.462 e. The molecule has 1 aromatic carbocycles. The van der Waals surface area contributed by atoms with Gasteiger partial charge < -0.3 is 24.2 Å². The monoisotopic (exact) mass is 585 g/mol. The second-order valence-electron chi connectivity index (χ2n) is 9.03. The van der Waals surface area contributed by atoms with E-state index in [4.69, 9.17) is 30.1 Å². The van der Waals surface area contributed by atoms with Crippen LogP contribution in [0, 0.1) is 6.92 Å². The highest BCUT2D eigenvalue weighted by atomic mass is 35.5. The number of para-hydroxylation sites is 1. The number of carbonyl (C=O) groups excluding carboxylic acids is 1. The molecule has 0 radical (unpaired) electrons. The summed E-state index contributed by atoms with van der Waals surface area (Å²) in [6.07, 6.45) is -3.67. The van der Waals surface area contributed by atoms with Gasteiger partial charge in [0.2, 0.25) is 0 Å². The molecule has 0 spiro atoms. The second kappa shape index (κ2) is 11.9. The number of nitrogens with one attached hydrogen (secondary N) is 1. The minimum Gasteiger partial charge on any atom is -0.462 e. The van der Waals surface area contributed by atoms with Crippen molar-refractivity contribution in [3.05, 3.63) is 52.3 Å². The van der Waals surface area contributed by atoms with Gasteiger partial charge in [-0.3, -0.25) is 9.32 Å². The zero-order valence-corrected chi connectivity index (χ0v) is 23.6. The van der Waals surface area contributed by atoms with Gasteiger partial charge in [-0.2, -0.15) is 5.09 Å². The number of nitrogens with zero attached hydrogens (tertiary/aromatic N) is 2. The fourth-order valence-electron chi connectivity index (χ4n) is 3.86. The summed E-state index contributed by atoms with van der Waals surface area (Å²) in [5.74, 6) is -0.416. The van der Waals surface area contributed by atoms with Crippen molar-refractivity contribution in [2.24, 2.45) is 0 Å². The number of hydrogen-bond donors (Lipinski definition) is 3. The highest BCUT2D eigenvalue weighted by Crippen LogP contribution is 2.47. The zero-order chi connectivity index (χ0) is 27.6. The first-order valence-corrected chi connectivity index (χ1v) is 14.6. The number of fused-ring (bicyclic) bond motifs is 1. The number of rotatable bonds is 10. The van der Waals surface area contributed by atoms with Crippen molar-refractivity contribution in [2.75, 3.05) is 6.61 Å². The van der Waals surface area contributed by atoms with E-state index in [0.717, 1.165) is 5.01 Å². The van der Waals surface area contributed by atoms with E-state index < -0.39 is 50.8 Å². The van der Waals surface area contributed by atoms with E-state index in [1.165, 1.54) is 24.5 Å². The molecule has 1 aliphatic rings. The third kappa shape index (κ3) is 6.52. The summed E-state index contributed by atoms with van der Waals surface area (Å²) in [5.41, 5.74) is 0.986. The Kier molecular flexibility index (Phi) is 9.06. The van der Waals surface area contributed by atoms with Crippen LogP contribution in [-0.2, 0) is 23.4 Å². The maximum absolute atomic E-state index is 13.7. The molecule has 6 atom stereocenters. The molecule has 0 saturated carbocycles. The highest BCUT2D eigenvalue weighted by molar-refractivity contribution is 7.52. The van der Waals surface area contributed by atoms with Crippen LogP contribution in [0.3, 0.4) is 0 Å². The van der Waals surface area contributed by atoms with E-state index in [0.29, 0.717) is 15.8 Å². The Bertz CT molecular complexity index is 1330. The number of carbonyl (C=O) groups is 1. The lowest BCUT2D eigenvalue weighted by Gasteiger charge is -2.25. The first-order valence-electron chi connectivity index (χ1n) is 11.9. The molecule has 1 saturated heterocycles. The number of aryl methyl sites for hydroxylation is 1. The van der Waals surface area contributed by atoms with Crippen molar-refractivity contribution in [3.63, 3.8) is 0 Å². The summed E-state index contributed by atoms with van der Waals surface area (Å²) < 4.78 is 36.8. The molecule has 0 bridgehead atoms. The van der Waals surface area contributed by atoms with Crippen LogP contribution < -0.4 is 9.61 Å². The molecular formula is C24H29ClN3O8PS. The van der Waals surface area contributed by atoms with E-state index in [-0.39, 0.29) is 17.0 Å². The van der Waals surface area contributed by atoms with Crippen molar-refractivity contribution < 1.29 is 38.1 Å². The third-order valence-electron chi connectivity index (χ3n) is 5.61. The van der Waals surface area contributed by atoms with Crippen molar-refractivity contribution in [2.45, 2.75) is 64.3 Å². The number of aliphatic hydroxyl groups excluding tert-OH is 2. The molecule has 206 valence electrons. The lowest BCUT2D eigenvalue weighted by molar-refractivity contribution is -0.149. The predicted octanol–water partition coefficient (Wildman–Crippen LogP) is 3.95. The van der Waals surface area contributed by atoms with Gasteiger partial charge in [-0.1, -0.05) is 29.8 Å². The predicted molar refractivity (Wildman–Crippen MR) is 141 cm³/mol. The average molecular weight is 586 g/mol. The average Bonchev–Trinajstić information content (AvgIpc) is 3.38. The summed E-state index contributed by atoms with van der Waals surface area (Å²) in [5, 5.41) is 25.1. The summed E-state index contributed by atoms with van der Waals surface area (Å²) in [6, 6.07) is 7.23. The van der Waals surface area contributed by atoms with Gasteiger partial charge in [0.25, 0.3) is 0 Å². The lowest BCUT2D eigenvalue weighted by atomic mass is 10.0. The SMILES string of the molecule is Cc1nc2c(Cl)ncc([C@@H]3O[C@H](CO[P@](=O)(N[C@H](C)C(=O)OC(C)C)Oc4ccccc4)[C@@H](O)[C@H]3O)c2s1. The van der Waals surface area contributed by atoms with E-state index in [1.807, 2.05) is 6.92 Å². The van der Waals surface area contributed by atoms with E-state index in [9.17, 15) is 19.6 Å². The van der Waals surface area contributed by atoms with Gasteiger partial charge in [-0.25, -0.2) is 14.5 Å². The molecule has 0 unspecified atom stereocenters. The van der Waals surface area contributed by atoms with Crippen LogP contribution in [0.2, 0.25) is 5.15 Å². The summed E-state index contributed by atoms with van der Waals surface area (Å²) >= 11 is 7.53. The van der Waals surface area contributed by atoms with Gasteiger partial charge in [0.05, 0.1) is 22.4 Å². The van der Waals surface area contributed by atoms with Crippen LogP contribution >= 0.6 is 30.7 Å². The van der Waals surface area contributed by atoms with Crippen molar-refractivity contribution in [1.82, 2.24) is 15.1 Å². The molecule has 3 heterocycles. The second-order valence-corrected chi connectivity index (χ2v) is 12.3. The van der Waals surface area contributed by atoms with Crippen molar-refractivity contribution in [1.29, 1.82) is 0 Å². The number of aromatic nitrogens is 2. The third-order valence-corrected chi connectivity index (χ3v) is 8.55. The number of benzene rings is 1. The number of pyridine rings is 1. The lowest BCUT2D eigenvalue weighted by Crippen LogP contribution is -2.38. The molecule has 1 fully saturated rings. The first-order chi connectivity index (χ1) is 18.0. The number of aliphatic hydroxyl groups is 2. The molecule has 14 heteroatoms. The molecule has 3 aromatic rings. The Morgan fingerprint density at radius 1 is 1.24 bits per heavy atom. The summed E-state index contributed by atoms with van der Waals surface area (Å²) in [4.78, 5) is 20.9. The molecule has 38 heavy (non-hydrogen) atoms. The van der Waals surface area contributed by atoms with Crippen LogP contribution in [-0.4, -0.2) is 63.2 Å². The molecule has 3 N–H and O–H groups in total. The molecular weight excluding hydrogens is 557 g/mol. The summed E-state index contributed by atoms with van der Waals surface area (Å²) in [7, 11) is -4.19. The van der Waals surface area contributed by atoms with Crippen molar-refractivity contribution >= 4 is 46.9 Å². The minimum atomic E-state index is -4.19. The smallest absolute Gasteiger partial charge is 0.459 e. The molecule has 4 rings (SSSR count). The normalized spacial score (nSPS) is 23.9. The first kappa shape index (κ1) is 28.8. The van der Waals surface area contributed by atoms with Gasteiger partial charge in [0.15, 0.2) is 5.15 Å². The van der Waals surface area contributed by atoms with Crippen molar-refractivity contribution in [3.8, 4) is 5.75 Å². The Labute approximate surface area is 228 Å². The fraction of sp³-hybridized carbons (Fsp3) is 0.458. The van der Waals surface area contributed by atoms with Gasteiger partial charge in [0.1, 0.15) is 41.7 Å². The van der Waals surface area contributed by atoms with E-state index in [1.54, 1.807) is 44.2 Å². The number of hydrogen-bond acceptors (Lipinski definition) is 11. The van der Waals surface area contributed by atoms with Gasteiger partial charge in [0, 0.05) is 11.8 Å². The molecule has 11 nitrogen and oxygen atoms in total. The van der Waals surface area contributed by atoms with E-state index in [2.05, 4.69) is 15.1 Å². The van der Waals surface area contributed by atoms with Crippen LogP contribution in [0.4, 0.5) is 0 Å². The zero-order valence-electron chi connectivity index (χ0n) is 21.1. The van der Waals surface area contributed by atoms with Gasteiger partial charge in [-0.05, 0) is 39.8 Å². The Hall–Kier alpha value is -2.15. The number of halogens is 1. The number of esters is 1. The minimum absolute atomic E-state index is 0.219. The Balaban J connectivity index is 1.52. The Morgan fingerprint density at radius 2 is 1.95 bits per heavy atom. The molecule has 0 aliphatic carbocycles. The summed E-state index contributed by atoms with van der Waals surface area (Å²) in [6.45, 7) is 6.24. The van der Waals surface area contributed by atoms with Gasteiger partial charge in [-0.15, -0.1) is 11.3 Å². The fourth-order valence-corrected chi connectivity index (χ4v) is 6.56. The highest BCUT2D eigenvalue weighted by Gasteiger charge is 2.46. The van der Waals surface area contributed by atoms with E-state index >= 15 is 0 Å². The van der Waals surface area contributed by atoms with Crippen LogP contribution in [0.25, 0.3) is 10.2 Å². The molecule has 2 aromatic heterocycles. The maximum atomic E-state index is 13.7. The molecule has 0 amide bonds. The van der Waals surface area contributed by atoms with Crippen LogP contribution in [0.15, 0.2) is 36.5 Å². The maximum Gasteiger partial charge on any atom is 0.459 e. The van der Waals surface area contributed by atoms with Gasteiger partial charge >= 0.3 is 13.7 Å². The van der Waals surface area contributed by atoms with Crippen LogP contribution in [0.1, 0.15) is 37.4 Å².